The fourth-order valence-electron chi connectivity index (χ4n) is 3.61. The number of aryl methyl sites for hydroxylation is 1. The molecular formula is C16H24N4O2S. The smallest absolute Gasteiger partial charge is 0.226 e. The maximum atomic E-state index is 12.7. The van der Waals surface area contributed by atoms with E-state index in [-0.39, 0.29) is 5.92 Å². The van der Waals surface area contributed by atoms with Crippen molar-refractivity contribution in [2.75, 3.05) is 57.4 Å². The van der Waals surface area contributed by atoms with Gasteiger partial charge in [-0.05, 0) is 12.8 Å². The van der Waals surface area contributed by atoms with Crippen LogP contribution in [0.4, 0.5) is 5.13 Å². The molecule has 6 nitrogen and oxygen atoms in total. The molecule has 0 bridgehead atoms. The van der Waals surface area contributed by atoms with Gasteiger partial charge in [-0.25, -0.2) is 4.98 Å². The molecule has 1 amide bonds. The lowest BCUT2D eigenvalue weighted by Crippen LogP contribution is -2.49. The van der Waals surface area contributed by atoms with Crippen LogP contribution in [0.15, 0.2) is 0 Å². The number of rotatable bonds is 2. The van der Waals surface area contributed by atoms with Crippen molar-refractivity contribution in [3.05, 3.63) is 10.6 Å². The zero-order chi connectivity index (χ0) is 15.6. The van der Waals surface area contributed by atoms with Gasteiger partial charge in [-0.2, -0.15) is 0 Å². The number of carbonyl (C=O) groups is 1. The summed E-state index contributed by atoms with van der Waals surface area (Å²) in [5.74, 6) is 0.457. The average Bonchev–Trinajstić information content (AvgIpc) is 3.06. The van der Waals surface area contributed by atoms with Gasteiger partial charge in [0.05, 0.1) is 18.9 Å². The van der Waals surface area contributed by atoms with Crippen LogP contribution < -0.4 is 10.2 Å². The number of hydrogen-bond donors (Lipinski definition) is 1. The molecule has 1 unspecified atom stereocenters. The van der Waals surface area contributed by atoms with Gasteiger partial charge in [0.25, 0.3) is 0 Å². The summed E-state index contributed by atoms with van der Waals surface area (Å²) in [6.07, 6.45) is 2.79. The molecule has 4 rings (SSSR count). The van der Waals surface area contributed by atoms with Gasteiger partial charge < -0.3 is 19.9 Å². The minimum Gasteiger partial charge on any atom is -0.378 e. The topological polar surface area (TPSA) is 57.7 Å². The number of carbonyl (C=O) groups excluding carboxylic acids is 1. The molecule has 1 atom stereocenters. The van der Waals surface area contributed by atoms with Crippen LogP contribution >= 0.6 is 11.3 Å². The van der Waals surface area contributed by atoms with Crippen LogP contribution in [0.5, 0.6) is 0 Å². The van der Waals surface area contributed by atoms with E-state index in [2.05, 4.69) is 10.2 Å². The molecular weight excluding hydrogens is 312 g/mol. The van der Waals surface area contributed by atoms with Crippen LogP contribution in [0.2, 0.25) is 0 Å². The number of piperazine rings is 1. The van der Waals surface area contributed by atoms with Gasteiger partial charge in [0, 0.05) is 56.5 Å². The number of amides is 1. The van der Waals surface area contributed by atoms with Gasteiger partial charge in [-0.3, -0.25) is 4.79 Å². The third-order valence-corrected chi connectivity index (χ3v) is 6.20. The molecule has 3 heterocycles. The number of aromatic nitrogens is 1. The van der Waals surface area contributed by atoms with Crippen molar-refractivity contribution < 1.29 is 9.53 Å². The first kappa shape index (κ1) is 15.4. The van der Waals surface area contributed by atoms with Crippen LogP contribution in [-0.2, 0) is 22.4 Å². The zero-order valence-electron chi connectivity index (χ0n) is 13.4. The molecule has 1 N–H and O–H groups in total. The fourth-order valence-corrected chi connectivity index (χ4v) is 4.76. The Morgan fingerprint density at radius 1 is 1.22 bits per heavy atom. The van der Waals surface area contributed by atoms with Crippen LogP contribution in [0, 0.1) is 5.92 Å². The quantitative estimate of drug-likeness (QED) is 0.853. The Kier molecular flexibility index (Phi) is 4.50. The second-order valence-corrected chi connectivity index (χ2v) is 7.54. The highest BCUT2D eigenvalue weighted by atomic mass is 32.1. The highest BCUT2D eigenvalue weighted by Gasteiger charge is 2.31. The average molecular weight is 336 g/mol. The third-order valence-electron chi connectivity index (χ3n) is 4.99. The minimum absolute atomic E-state index is 0.125. The largest absolute Gasteiger partial charge is 0.378 e. The van der Waals surface area contributed by atoms with Gasteiger partial charge in [0.1, 0.15) is 0 Å². The summed E-state index contributed by atoms with van der Waals surface area (Å²) in [6.45, 7) is 6.95. The molecule has 0 radical (unpaired) electrons. The Balaban J connectivity index is 1.44. The van der Waals surface area contributed by atoms with Crippen molar-refractivity contribution in [2.24, 2.45) is 5.92 Å². The monoisotopic (exact) mass is 336 g/mol. The molecule has 126 valence electrons. The molecule has 1 aliphatic carbocycles. The van der Waals surface area contributed by atoms with E-state index >= 15 is 0 Å². The van der Waals surface area contributed by atoms with Crippen molar-refractivity contribution >= 4 is 22.4 Å². The van der Waals surface area contributed by atoms with Crippen molar-refractivity contribution in [3.8, 4) is 0 Å². The van der Waals surface area contributed by atoms with E-state index in [1.165, 1.54) is 4.88 Å². The molecule has 0 aromatic carbocycles. The summed E-state index contributed by atoms with van der Waals surface area (Å²) in [6, 6.07) is 0. The number of nitrogens with zero attached hydrogens (tertiary/aromatic N) is 3. The van der Waals surface area contributed by atoms with Crippen LogP contribution in [0.3, 0.4) is 0 Å². The SMILES string of the molecule is O=C(C1CCc2sc(N3CCOCC3)nc2C1)N1CCNCC1. The molecule has 7 heteroatoms. The Morgan fingerprint density at radius 2 is 2.00 bits per heavy atom. The van der Waals surface area contributed by atoms with Crippen molar-refractivity contribution in [3.63, 3.8) is 0 Å². The van der Waals surface area contributed by atoms with Crippen LogP contribution in [-0.4, -0.2) is 68.3 Å². The molecule has 3 aliphatic rings. The first-order valence-corrected chi connectivity index (χ1v) is 9.43. The number of anilines is 1. The molecule has 1 aromatic heterocycles. The van der Waals surface area contributed by atoms with E-state index in [1.807, 2.05) is 16.2 Å². The Morgan fingerprint density at radius 3 is 2.78 bits per heavy atom. The summed E-state index contributed by atoms with van der Waals surface area (Å²) in [5.41, 5.74) is 1.16. The minimum atomic E-state index is 0.125. The fraction of sp³-hybridized carbons (Fsp3) is 0.750. The normalized spacial score (nSPS) is 25.3. The lowest BCUT2D eigenvalue weighted by molar-refractivity contribution is -0.136. The van der Waals surface area contributed by atoms with Crippen LogP contribution in [0.25, 0.3) is 0 Å². The number of morpholine rings is 1. The van der Waals surface area contributed by atoms with Crippen LogP contribution in [0.1, 0.15) is 17.0 Å². The highest BCUT2D eigenvalue weighted by Crippen LogP contribution is 2.34. The first-order valence-electron chi connectivity index (χ1n) is 8.62. The van der Waals surface area contributed by atoms with E-state index in [9.17, 15) is 4.79 Å². The Labute approximate surface area is 140 Å². The number of ether oxygens (including phenoxy) is 1. The van der Waals surface area contributed by atoms with Gasteiger partial charge in [0.15, 0.2) is 5.13 Å². The summed E-state index contributed by atoms with van der Waals surface area (Å²) >= 11 is 1.82. The summed E-state index contributed by atoms with van der Waals surface area (Å²) < 4.78 is 5.42. The summed E-state index contributed by atoms with van der Waals surface area (Å²) in [5, 5.41) is 4.43. The predicted molar refractivity (Wildman–Crippen MR) is 90.1 cm³/mol. The number of hydrogen-bond acceptors (Lipinski definition) is 6. The lowest BCUT2D eigenvalue weighted by atomic mass is 9.89. The molecule has 2 fully saturated rings. The number of fused-ring (bicyclic) bond motifs is 1. The van der Waals surface area contributed by atoms with E-state index < -0.39 is 0 Å². The second-order valence-electron chi connectivity index (χ2n) is 6.48. The van der Waals surface area contributed by atoms with Gasteiger partial charge >= 0.3 is 0 Å². The molecule has 0 spiro atoms. The maximum absolute atomic E-state index is 12.7. The number of thiazole rings is 1. The molecule has 2 saturated heterocycles. The van der Waals surface area contributed by atoms with Gasteiger partial charge in [-0.15, -0.1) is 11.3 Å². The van der Waals surface area contributed by atoms with E-state index in [1.54, 1.807) is 0 Å². The number of nitrogens with one attached hydrogen (secondary N) is 1. The van der Waals surface area contributed by atoms with E-state index in [4.69, 9.17) is 9.72 Å². The first-order chi connectivity index (χ1) is 11.3. The predicted octanol–water partition coefficient (Wildman–Crippen LogP) is 0.516. The van der Waals surface area contributed by atoms with E-state index in [0.717, 1.165) is 82.6 Å². The molecule has 1 aromatic rings. The lowest BCUT2D eigenvalue weighted by Gasteiger charge is -2.32. The Bertz CT molecular complexity index is 564. The highest BCUT2D eigenvalue weighted by molar-refractivity contribution is 7.15. The molecule has 0 saturated carbocycles. The molecule has 23 heavy (non-hydrogen) atoms. The second kappa shape index (κ2) is 6.75. The zero-order valence-corrected chi connectivity index (χ0v) is 14.2. The Hall–Kier alpha value is -1.18. The third kappa shape index (κ3) is 3.22. The maximum Gasteiger partial charge on any atom is 0.226 e. The van der Waals surface area contributed by atoms with Crippen molar-refractivity contribution in [1.29, 1.82) is 0 Å². The summed E-state index contributed by atoms with van der Waals surface area (Å²) in [7, 11) is 0. The van der Waals surface area contributed by atoms with Crippen molar-refractivity contribution in [2.45, 2.75) is 19.3 Å². The van der Waals surface area contributed by atoms with E-state index in [0.29, 0.717) is 5.91 Å². The standard InChI is InChI=1S/C16H24N4O2S/c21-15(19-5-3-17-4-6-19)12-1-2-14-13(11-12)18-16(23-14)20-7-9-22-10-8-20/h12,17H,1-11H2. The molecule has 2 aliphatic heterocycles. The van der Waals surface area contributed by atoms with Gasteiger partial charge in [-0.1, -0.05) is 0 Å². The van der Waals surface area contributed by atoms with Gasteiger partial charge in [0.2, 0.25) is 5.91 Å². The van der Waals surface area contributed by atoms with Crippen molar-refractivity contribution in [1.82, 2.24) is 15.2 Å². The summed E-state index contributed by atoms with van der Waals surface area (Å²) in [4.78, 5) is 23.3.